The molecule has 1 aromatic carbocycles. The highest BCUT2D eigenvalue weighted by molar-refractivity contribution is 5.71. The molecular weight excluding hydrogens is 213 g/mol. The summed E-state index contributed by atoms with van der Waals surface area (Å²) in [7, 11) is 0. The van der Waals surface area contributed by atoms with Gasteiger partial charge in [-0.25, -0.2) is 9.18 Å². The minimum absolute atomic E-state index is 0.158. The zero-order chi connectivity index (χ0) is 11.5. The van der Waals surface area contributed by atoms with Crippen molar-refractivity contribution >= 4 is 6.09 Å². The molecule has 0 aliphatic carbocycles. The van der Waals surface area contributed by atoms with Crippen molar-refractivity contribution in [3.8, 4) is 11.5 Å². The second-order valence-electron chi connectivity index (χ2n) is 3.68. The molecule has 0 radical (unpaired) electrons. The molecule has 0 aromatic heterocycles. The van der Waals surface area contributed by atoms with Gasteiger partial charge in [0.25, 0.3) is 0 Å². The summed E-state index contributed by atoms with van der Waals surface area (Å²) in [5.74, 6) is -1.10. The van der Waals surface area contributed by atoms with Crippen LogP contribution in [-0.2, 0) is 0 Å². The van der Waals surface area contributed by atoms with Crippen molar-refractivity contribution in [1.82, 2.24) is 4.90 Å². The predicted molar refractivity (Wildman–Crippen MR) is 54.9 cm³/mol. The van der Waals surface area contributed by atoms with Crippen molar-refractivity contribution in [2.75, 3.05) is 13.1 Å². The van der Waals surface area contributed by atoms with E-state index in [1.165, 1.54) is 17.0 Å². The van der Waals surface area contributed by atoms with Gasteiger partial charge in [0.2, 0.25) is 0 Å². The molecule has 0 spiro atoms. The number of aromatic hydroxyl groups is 1. The summed E-state index contributed by atoms with van der Waals surface area (Å²) in [5, 5.41) is 8.99. The number of likely N-dealkylation sites (tertiary alicyclic amines) is 1. The Labute approximate surface area is 92.2 Å². The fourth-order valence-electron chi connectivity index (χ4n) is 1.63. The first kappa shape index (κ1) is 10.7. The van der Waals surface area contributed by atoms with Gasteiger partial charge in [-0.15, -0.1) is 0 Å². The van der Waals surface area contributed by atoms with Gasteiger partial charge in [0.05, 0.1) is 0 Å². The number of hydrogen-bond donors (Lipinski definition) is 1. The van der Waals surface area contributed by atoms with E-state index in [2.05, 4.69) is 0 Å². The number of carbonyl (C=O) groups excluding carboxylic acids is 1. The number of carbonyl (C=O) groups is 1. The van der Waals surface area contributed by atoms with Crippen molar-refractivity contribution < 1.29 is 19.0 Å². The minimum Gasteiger partial charge on any atom is -0.508 e. The summed E-state index contributed by atoms with van der Waals surface area (Å²) >= 11 is 0. The van der Waals surface area contributed by atoms with Gasteiger partial charge < -0.3 is 14.7 Å². The van der Waals surface area contributed by atoms with Crippen LogP contribution in [0.4, 0.5) is 9.18 Å². The first-order chi connectivity index (χ1) is 7.66. The summed E-state index contributed by atoms with van der Waals surface area (Å²) in [6, 6.07) is 3.42. The fourth-order valence-corrected chi connectivity index (χ4v) is 1.63. The average Bonchev–Trinajstić information content (AvgIpc) is 2.75. The van der Waals surface area contributed by atoms with E-state index >= 15 is 0 Å². The molecule has 1 fully saturated rings. The number of benzene rings is 1. The highest BCUT2D eigenvalue weighted by Gasteiger charge is 2.20. The van der Waals surface area contributed by atoms with Gasteiger partial charge in [0.15, 0.2) is 11.6 Å². The molecule has 5 heteroatoms. The van der Waals surface area contributed by atoms with Crippen molar-refractivity contribution in [2.45, 2.75) is 12.8 Å². The summed E-state index contributed by atoms with van der Waals surface area (Å²) in [6.45, 7) is 1.30. The molecule has 1 saturated heterocycles. The highest BCUT2D eigenvalue weighted by atomic mass is 19.1. The van der Waals surface area contributed by atoms with Gasteiger partial charge in [-0.05, 0) is 25.0 Å². The molecule has 1 aliphatic heterocycles. The lowest BCUT2D eigenvalue weighted by Crippen LogP contribution is -2.30. The normalized spacial score (nSPS) is 15.2. The Balaban J connectivity index is 2.05. The minimum atomic E-state index is -0.743. The monoisotopic (exact) mass is 225 g/mol. The van der Waals surface area contributed by atoms with E-state index < -0.39 is 11.9 Å². The van der Waals surface area contributed by atoms with E-state index in [9.17, 15) is 9.18 Å². The predicted octanol–water partition coefficient (Wildman–Crippen LogP) is 2.13. The Bertz CT molecular complexity index is 402. The number of rotatable bonds is 1. The molecular formula is C11H12FNO3. The van der Waals surface area contributed by atoms with Crippen molar-refractivity contribution in [1.29, 1.82) is 0 Å². The Morgan fingerprint density at radius 2 is 2.06 bits per heavy atom. The lowest BCUT2D eigenvalue weighted by Gasteiger charge is -2.14. The standard InChI is InChI=1S/C11H12FNO3/c12-9-7-8(14)3-4-10(9)16-11(15)13-5-1-2-6-13/h3-4,7,14H,1-2,5-6H2. The topological polar surface area (TPSA) is 49.8 Å². The van der Waals surface area contributed by atoms with Crippen molar-refractivity contribution in [3.63, 3.8) is 0 Å². The first-order valence-corrected chi connectivity index (χ1v) is 5.12. The maximum absolute atomic E-state index is 13.2. The quantitative estimate of drug-likeness (QED) is 0.796. The molecule has 86 valence electrons. The summed E-state index contributed by atoms with van der Waals surface area (Å²) in [5.41, 5.74) is 0. The number of phenolic OH excluding ortho intramolecular Hbond substituents is 1. The van der Waals surface area contributed by atoms with Crippen molar-refractivity contribution in [2.24, 2.45) is 0 Å². The van der Waals surface area contributed by atoms with Crippen LogP contribution in [-0.4, -0.2) is 29.2 Å². The van der Waals surface area contributed by atoms with Crippen LogP contribution in [0.5, 0.6) is 11.5 Å². The fraction of sp³-hybridized carbons (Fsp3) is 0.364. The van der Waals surface area contributed by atoms with Crippen LogP contribution < -0.4 is 4.74 Å². The average molecular weight is 225 g/mol. The molecule has 4 nitrogen and oxygen atoms in total. The van der Waals surface area contributed by atoms with Gasteiger partial charge in [-0.3, -0.25) is 0 Å². The molecule has 0 saturated carbocycles. The second kappa shape index (κ2) is 4.38. The van der Waals surface area contributed by atoms with E-state index in [4.69, 9.17) is 9.84 Å². The molecule has 0 atom stereocenters. The second-order valence-corrected chi connectivity index (χ2v) is 3.68. The van der Waals surface area contributed by atoms with Crippen LogP contribution in [0.15, 0.2) is 18.2 Å². The number of ether oxygens (including phenoxy) is 1. The molecule has 0 bridgehead atoms. The smallest absolute Gasteiger partial charge is 0.415 e. The number of nitrogens with zero attached hydrogens (tertiary/aromatic N) is 1. The van der Waals surface area contributed by atoms with Gasteiger partial charge in [0.1, 0.15) is 5.75 Å². The zero-order valence-electron chi connectivity index (χ0n) is 8.65. The molecule has 16 heavy (non-hydrogen) atoms. The largest absolute Gasteiger partial charge is 0.508 e. The van der Waals surface area contributed by atoms with Gasteiger partial charge in [-0.1, -0.05) is 0 Å². The zero-order valence-corrected chi connectivity index (χ0v) is 8.65. The maximum Gasteiger partial charge on any atom is 0.415 e. The van der Waals surface area contributed by atoms with Gasteiger partial charge >= 0.3 is 6.09 Å². The third-order valence-corrected chi connectivity index (χ3v) is 2.48. The lowest BCUT2D eigenvalue weighted by molar-refractivity contribution is 0.160. The maximum atomic E-state index is 13.2. The summed E-state index contributed by atoms with van der Waals surface area (Å²) < 4.78 is 18.1. The molecule has 2 rings (SSSR count). The van der Waals surface area contributed by atoms with Crippen LogP contribution in [0, 0.1) is 5.82 Å². The Kier molecular flexibility index (Phi) is 2.94. The molecule has 1 heterocycles. The Morgan fingerprint density at radius 3 is 2.69 bits per heavy atom. The van der Waals surface area contributed by atoms with Crippen LogP contribution in [0.2, 0.25) is 0 Å². The third-order valence-electron chi connectivity index (χ3n) is 2.48. The van der Waals surface area contributed by atoms with E-state index in [0.717, 1.165) is 18.9 Å². The number of phenols is 1. The number of halogens is 1. The van der Waals surface area contributed by atoms with Crippen molar-refractivity contribution in [3.05, 3.63) is 24.0 Å². The van der Waals surface area contributed by atoms with E-state index in [0.29, 0.717) is 13.1 Å². The molecule has 1 aromatic rings. The first-order valence-electron chi connectivity index (χ1n) is 5.12. The van der Waals surface area contributed by atoms with Gasteiger partial charge in [0, 0.05) is 19.2 Å². The number of amides is 1. The van der Waals surface area contributed by atoms with E-state index in [1.807, 2.05) is 0 Å². The highest BCUT2D eigenvalue weighted by Crippen LogP contribution is 2.22. The Morgan fingerprint density at radius 1 is 1.38 bits per heavy atom. The summed E-state index contributed by atoms with van der Waals surface area (Å²) in [4.78, 5) is 13.1. The molecule has 1 amide bonds. The van der Waals surface area contributed by atoms with Crippen LogP contribution in [0.1, 0.15) is 12.8 Å². The Hall–Kier alpha value is -1.78. The molecule has 0 unspecified atom stereocenters. The lowest BCUT2D eigenvalue weighted by atomic mass is 10.3. The van der Waals surface area contributed by atoms with Crippen LogP contribution in [0.25, 0.3) is 0 Å². The summed E-state index contributed by atoms with van der Waals surface area (Å²) in [6.07, 6.45) is 1.36. The molecule has 1 aliphatic rings. The number of hydrogen-bond acceptors (Lipinski definition) is 3. The van der Waals surface area contributed by atoms with E-state index in [1.54, 1.807) is 0 Å². The van der Waals surface area contributed by atoms with Gasteiger partial charge in [-0.2, -0.15) is 0 Å². The third kappa shape index (κ3) is 2.24. The molecule has 1 N–H and O–H groups in total. The van der Waals surface area contributed by atoms with Crippen LogP contribution >= 0.6 is 0 Å². The SMILES string of the molecule is O=C(Oc1ccc(O)cc1F)N1CCCC1. The van der Waals surface area contributed by atoms with E-state index in [-0.39, 0.29) is 11.5 Å². The van der Waals surface area contributed by atoms with Crippen LogP contribution in [0.3, 0.4) is 0 Å².